The van der Waals surface area contributed by atoms with Crippen LogP contribution in [0, 0.1) is 0 Å². The highest BCUT2D eigenvalue weighted by molar-refractivity contribution is 6.04. The Kier molecular flexibility index (Phi) is 6.20. The lowest BCUT2D eigenvalue weighted by molar-refractivity contribution is -0.0283. The van der Waals surface area contributed by atoms with Crippen molar-refractivity contribution < 1.29 is 9.53 Å². The van der Waals surface area contributed by atoms with E-state index in [1.807, 2.05) is 42.5 Å². The van der Waals surface area contributed by atoms with Gasteiger partial charge in [0.05, 0.1) is 5.56 Å². The Labute approximate surface area is 139 Å². The van der Waals surface area contributed by atoms with E-state index < -0.39 is 0 Å². The highest BCUT2D eigenvalue weighted by Crippen LogP contribution is 2.30. The van der Waals surface area contributed by atoms with Crippen LogP contribution in [0.25, 0.3) is 10.8 Å². The smallest absolute Gasteiger partial charge is 0.339 e. The van der Waals surface area contributed by atoms with E-state index >= 15 is 0 Å². The summed E-state index contributed by atoms with van der Waals surface area (Å²) in [6.45, 7) is 6.43. The Morgan fingerprint density at radius 2 is 1.65 bits per heavy atom. The summed E-state index contributed by atoms with van der Waals surface area (Å²) in [5.41, 5.74) is 0.341. The van der Waals surface area contributed by atoms with Gasteiger partial charge in [-0.3, -0.25) is 0 Å². The standard InChI is InChI=1S/C21H28O2/c1-4-7-10-16-21(5-2,6-3)23-20(22)19-15-11-13-17-12-8-9-14-18(17)19/h8-9,11-15H,4-7,10,16H2,1-3H3. The van der Waals surface area contributed by atoms with Crippen LogP contribution in [0.1, 0.15) is 69.7 Å². The molecule has 2 rings (SSSR count). The van der Waals surface area contributed by atoms with Gasteiger partial charge in [0.1, 0.15) is 5.60 Å². The van der Waals surface area contributed by atoms with E-state index in [4.69, 9.17) is 4.74 Å². The molecular weight excluding hydrogens is 284 g/mol. The second-order valence-corrected chi connectivity index (χ2v) is 6.26. The summed E-state index contributed by atoms with van der Waals surface area (Å²) in [4.78, 5) is 12.8. The summed E-state index contributed by atoms with van der Waals surface area (Å²) >= 11 is 0. The number of unbranched alkanes of at least 4 members (excludes halogenated alkanes) is 2. The fourth-order valence-corrected chi connectivity index (χ4v) is 3.15. The average Bonchev–Trinajstić information content (AvgIpc) is 2.60. The van der Waals surface area contributed by atoms with Crippen LogP contribution in [0.15, 0.2) is 42.5 Å². The largest absolute Gasteiger partial charge is 0.455 e. The van der Waals surface area contributed by atoms with Crippen molar-refractivity contribution in [3.05, 3.63) is 48.0 Å². The third kappa shape index (κ3) is 4.13. The molecule has 0 bridgehead atoms. The van der Waals surface area contributed by atoms with Gasteiger partial charge in [0.2, 0.25) is 0 Å². The molecule has 0 heterocycles. The van der Waals surface area contributed by atoms with E-state index in [1.54, 1.807) is 0 Å². The molecule has 0 N–H and O–H groups in total. The Bertz CT molecular complexity index is 636. The van der Waals surface area contributed by atoms with Gasteiger partial charge < -0.3 is 4.74 Å². The maximum Gasteiger partial charge on any atom is 0.339 e. The summed E-state index contributed by atoms with van der Waals surface area (Å²) in [6, 6.07) is 13.8. The number of rotatable bonds is 8. The number of carbonyl (C=O) groups is 1. The molecule has 0 aromatic heterocycles. The first-order valence-electron chi connectivity index (χ1n) is 8.87. The van der Waals surface area contributed by atoms with E-state index in [9.17, 15) is 4.79 Å². The van der Waals surface area contributed by atoms with Crippen molar-refractivity contribution in [2.24, 2.45) is 0 Å². The third-order valence-electron chi connectivity index (χ3n) is 4.84. The van der Waals surface area contributed by atoms with Gasteiger partial charge in [0, 0.05) is 0 Å². The molecular formula is C21H28O2. The zero-order valence-electron chi connectivity index (χ0n) is 14.6. The van der Waals surface area contributed by atoms with Gasteiger partial charge in [-0.15, -0.1) is 0 Å². The number of benzene rings is 2. The minimum Gasteiger partial charge on any atom is -0.455 e. The van der Waals surface area contributed by atoms with Crippen molar-refractivity contribution in [1.29, 1.82) is 0 Å². The fourth-order valence-electron chi connectivity index (χ4n) is 3.15. The number of carbonyl (C=O) groups excluding carboxylic acids is 1. The van der Waals surface area contributed by atoms with Crippen LogP contribution in [0.3, 0.4) is 0 Å². The minimum atomic E-state index is -0.330. The number of esters is 1. The molecule has 0 aliphatic heterocycles. The summed E-state index contributed by atoms with van der Waals surface area (Å²) in [5, 5.41) is 2.04. The molecule has 0 unspecified atom stereocenters. The molecule has 2 heteroatoms. The zero-order chi connectivity index (χ0) is 16.7. The van der Waals surface area contributed by atoms with Gasteiger partial charge in [-0.2, -0.15) is 0 Å². The summed E-state index contributed by atoms with van der Waals surface area (Å²) < 4.78 is 6.04. The van der Waals surface area contributed by atoms with Crippen molar-refractivity contribution in [3.8, 4) is 0 Å². The molecule has 2 aromatic rings. The Morgan fingerprint density at radius 3 is 2.35 bits per heavy atom. The van der Waals surface area contributed by atoms with Crippen molar-refractivity contribution in [1.82, 2.24) is 0 Å². The molecule has 2 aromatic carbocycles. The van der Waals surface area contributed by atoms with Crippen LogP contribution in [0.4, 0.5) is 0 Å². The topological polar surface area (TPSA) is 26.3 Å². The van der Waals surface area contributed by atoms with E-state index in [0.717, 1.165) is 36.5 Å². The first kappa shape index (κ1) is 17.5. The van der Waals surface area contributed by atoms with Gasteiger partial charge in [-0.05, 0) is 42.5 Å². The van der Waals surface area contributed by atoms with Crippen LogP contribution < -0.4 is 0 Å². The summed E-state index contributed by atoms with van der Waals surface area (Å²) in [7, 11) is 0. The molecule has 124 valence electrons. The molecule has 0 saturated carbocycles. The van der Waals surface area contributed by atoms with Gasteiger partial charge in [0.15, 0.2) is 0 Å². The molecule has 0 fully saturated rings. The molecule has 0 saturated heterocycles. The molecule has 23 heavy (non-hydrogen) atoms. The molecule has 0 radical (unpaired) electrons. The van der Waals surface area contributed by atoms with Gasteiger partial charge in [-0.25, -0.2) is 4.79 Å². The molecule has 0 aliphatic carbocycles. The Morgan fingerprint density at radius 1 is 0.957 bits per heavy atom. The predicted molar refractivity (Wildman–Crippen MR) is 96.8 cm³/mol. The van der Waals surface area contributed by atoms with E-state index in [1.165, 1.54) is 12.8 Å². The molecule has 0 spiro atoms. The monoisotopic (exact) mass is 312 g/mol. The second-order valence-electron chi connectivity index (χ2n) is 6.26. The lowest BCUT2D eigenvalue weighted by Crippen LogP contribution is -2.34. The molecule has 0 aliphatic rings. The van der Waals surface area contributed by atoms with Gasteiger partial charge in [-0.1, -0.05) is 70.0 Å². The Balaban J connectivity index is 2.23. The average molecular weight is 312 g/mol. The number of hydrogen-bond donors (Lipinski definition) is 0. The van der Waals surface area contributed by atoms with Crippen LogP contribution >= 0.6 is 0 Å². The maximum absolute atomic E-state index is 12.8. The Hall–Kier alpha value is -1.83. The molecule has 0 atom stereocenters. The van der Waals surface area contributed by atoms with Crippen LogP contribution in [-0.2, 0) is 4.74 Å². The number of fused-ring (bicyclic) bond motifs is 1. The zero-order valence-corrected chi connectivity index (χ0v) is 14.6. The van der Waals surface area contributed by atoms with E-state index in [-0.39, 0.29) is 11.6 Å². The number of hydrogen-bond acceptors (Lipinski definition) is 2. The first-order chi connectivity index (χ1) is 11.2. The van der Waals surface area contributed by atoms with E-state index in [2.05, 4.69) is 20.8 Å². The minimum absolute atomic E-state index is 0.193. The first-order valence-corrected chi connectivity index (χ1v) is 8.87. The predicted octanol–water partition coefficient (Wildman–Crippen LogP) is 6.14. The van der Waals surface area contributed by atoms with Crippen molar-refractivity contribution in [3.63, 3.8) is 0 Å². The summed E-state index contributed by atoms with van der Waals surface area (Å²) in [5.74, 6) is -0.193. The van der Waals surface area contributed by atoms with Crippen LogP contribution in [-0.4, -0.2) is 11.6 Å². The van der Waals surface area contributed by atoms with Crippen molar-refractivity contribution in [2.75, 3.05) is 0 Å². The molecule has 2 nitrogen and oxygen atoms in total. The highest BCUT2D eigenvalue weighted by Gasteiger charge is 2.30. The number of ether oxygens (including phenoxy) is 1. The summed E-state index contributed by atoms with van der Waals surface area (Å²) in [6.07, 6.45) is 6.16. The normalized spacial score (nSPS) is 11.6. The van der Waals surface area contributed by atoms with Gasteiger partial charge >= 0.3 is 5.97 Å². The van der Waals surface area contributed by atoms with Crippen LogP contribution in [0.2, 0.25) is 0 Å². The third-order valence-corrected chi connectivity index (χ3v) is 4.84. The van der Waals surface area contributed by atoms with Crippen LogP contribution in [0.5, 0.6) is 0 Å². The lowest BCUT2D eigenvalue weighted by atomic mass is 9.90. The van der Waals surface area contributed by atoms with E-state index in [0.29, 0.717) is 5.56 Å². The lowest BCUT2D eigenvalue weighted by Gasteiger charge is -2.32. The maximum atomic E-state index is 12.8. The second kappa shape index (κ2) is 8.14. The molecule has 0 amide bonds. The highest BCUT2D eigenvalue weighted by atomic mass is 16.6. The van der Waals surface area contributed by atoms with Crippen molar-refractivity contribution in [2.45, 2.75) is 64.9 Å². The SMILES string of the molecule is CCCCCC(CC)(CC)OC(=O)c1cccc2ccccc12. The quantitative estimate of drug-likeness (QED) is 0.432. The van der Waals surface area contributed by atoms with Crippen molar-refractivity contribution >= 4 is 16.7 Å². The fraction of sp³-hybridized carbons (Fsp3) is 0.476. The van der Waals surface area contributed by atoms with Gasteiger partial charge in [0.25, 0.3) is 0 Å².